The number of aliphatic hydroxyl groups excluding tert-OH is 1. The lowest BCUT2D eigenvalue weighted by Crippen LogP contribution is -3.12. The van der Waals surface area contributed by atoms with E-state index in [-0.39, 0.29) is 6.61 Å². The number of benzene rings is 1. The highest BCUT2D eigenvalue weighted by Gasteiger charge is 2.19. The molecule has 0 spiro atoms. The molecular formula is C14H19ClN3O2+. The molecule has 0 saturated carbocycles. The van der Waals surface area contributed by atoms with Gasteiger partial charge in [0.15, 0.2) is 5.82 Å². The average Bonchev–Trinajstić information content (AvgIpc) is 2.78. The van der Waals surface area contributed by atoms with Crippen molar-refractivity contribution in [3.05, 3.63) is 29.0 Å². The number of hydrogen-bond acceptors (Lipinski definition) is 3. The van der Waals surface area contributed by atoms with E-state index in [1.165, 1.54) is 4.90 Å². The highest BCUT2D eigenvalue weighted by Crippen LogP contribution is 2.20. The van der Waals surface area contributed by atoms with Gasteiger partial charge >= 0.3 is 0 Å². The van der Waals surface area contributed by atoms with E-state index in [0.29, 0.717) is 11.6 Å². The third-order valence-corrected chi connectivity index (χ3v) is 3.96. The maximum atomic E-state index is 9.29. The lowest BCUT2D eigenvalue weighted by molar-refractivity contribution is -0.922. The van der Waals surface area contributed by atoms with Crippen LogP contribution in [0.4, 0.5) is 0 Å². The molecule has 20 heavy (non-hydrogen) atoms. The first-order valence-corrected chi connectivity index (χ1v) is 7.32. The second-order valence-corrected chi connectivity index (χ2v) is 5.51. The number of nitrogens with one attached hydrogen (secondary N) is 1. The van der Waals surface area contributed by atoms with Gasteiger partial charge in [-0.3, -0.25) is 0 Å². The van der Waals surface area contributed by atoms with Crippen molar-refractivity contribution in [2.45, 2.75) is 13.1 Å². The van der Waals surface area contributed by atoms with Gasteiger partial charge in [-0.15, -0.1) is 0 Å². The summed E-state index contributed by atoms with van der Waals surface area (Å²) >= 11 is 6.07. The molecule has 0 amide bonds. The average molecular weight is 297 g/mol. The van der Waals surface area contributed by atoms with E-state index in [0.717, 1.165) is 49.7 Å². The lowest BCUT2D eigenvalue weighted by atomic mass is 10.3. The van der Waals surface area contributed by atoms with Gasteiger partial charge in [0, 0.05) is 11.6 Å². The number of hydrogen-bond donors (Lipinski definition) is 2. The molecule has 0 unspecified atom stereocenters. The fraction of sp³-hybridized carbons (Fsp3) is 0.500. The van der Waals surface area contributed by atoms with Gasteiger partial charge in [0.2, 0.25) is 0 Å². The maximum absolute atomic E-state index is 9.29. The summed E-state index contributed by atoms with van der Waals surface area (Å²) < 4.78 is 7.46. The van der Waals surface area contributed by atoms with Crippen LogP contribution in [0.5, 0.6) is 0 Å². The Labute approximate surface area is 122 Å². The van der Waals surface area contributed by atoms with Crippen molar-refractivity contribution in [2.75, 3.05) is 32.9 Å². The van der Waals surface area contributed by atoms with Crippen molar-refractivity contribution in [2.24, 2.45) is 0 Å². The van der Waals surface area contributed by atoms with E-state index in [9.17, 15) is 5.11 Å². The van der Waals surface area contributed by atoms with Crippen LogP contribution >= 0.6 is 11.6 Å². The first-order chi connectivity index (χ1) is 9.78. The number of ether oxygens (including phenoxy) is 1. The van der Waals surface area contributed by atoms with Gasteiger partial charge in [0.05, 0.1) is 30.9 Å². The van der Waals surface area contributed by atoms with Crippen LogP contribution in [0.3, 0.4) is 0 Å². The van der Waals surface area contributed by atoms with E-state index in [1.807, 2.05) is 18.2 Å². The normalized spacial score (nSPS) is 16.9. The summed E-state index contributed by atoms with van der Waals surface area (Å²) in [4.78, 5) is 6.17. The third kappa shape index (κ3) is 2.81. The Bertz CT molecular complexity index is 593. The van der Waals surface area contributed by atoms with Gasteiger partial charge in [-0.25, -0.2) is 4.98 Å². The Hall–Kier alpha value is -1.14. The van der Waals surface area contributed by atoms with E-state index in [2.05, 4.69) is 4.57 Å². The number of aromatic nitrogens is 2. The van der Waals surface area contributed by atoms with E-state index in [4.69, 9.17) is 21.3 Å². The summed E-state index contributed by atoms with van der Waals surface area (Å²) in [6.45, 7) is 5.13. The molecule has 0 bridgehead atoms. The van der Waals surface area contributed by atoms with Crippen LogP contribution in [0.15, 0.2) is 18.2 Å². The van der Waals surface area contributed by atoms with Gasteiger partial charge in [0.25, 0.3) is 0 Å². The highest BCUT2D eigenvalue weighted by atomic mass is 35.5. The number of imidazole rings is 1. The summed E-state index contributed by atoms with van der Waals surface area (Å²) in [6.07, 6.45) is 0. The number of fused-ring (bicyclic) bond motifs is 1. The predicted molar refractivity (Wildman–Crippen MR) is 77.0 cm³/mol. The second-order valence-electron chi connectivity index (χ2n) is 5.08. The maximum Gasteiger partial charge on any atom is 0.165 e. The molecule has 1 aliphatic rings. The molecule has 1 fully saturated rings. The molecule has 2 N–H and O–H groups in total. The van der Waals surface area contributed by atoms with Gasteiger partial charge in [-0.1, -0.05) is 11.6 Å². The van der Waals surface area contributed by atoms with Crippen LogP contribution in [0.1, 0.15) is 5.82 Å². The van der Waals surface area contributed by atoms with E-state index < -0.39 is 0 Å². The van der Waals surface area contributed by atoms with Gasteiger partial charge in [-0.05, 0) is 18.2 Å². The van der Waals surface area contributed by atoms with Gasteiger partial charge in [0.1, 0.15) is 19.6 Å². The minimum absolute atomic E-state index is 0.101. The molecule has 2 heterocycles. The fourth-order valence-electron chi connectivity index (χ4n) is 2.69. The molecule has 0 atom stereocenters. The van der Waals surface area contributed by atoms with Crippen molar-refractivity contribution in [1.29, 1.82) is 0 Å². The Balaban J connectivity index is 1.93. The minimum atomic E-state index is 0.101. The lowest BCUT2D eigenvalue weighted by Gasteiger charge is -2.23. The van der Waals surface area contributed by atoms with Crippen molar-refractivity contribution >= 4 is 22.6 Å². The number of nitrogens with zero attached hydrogens (tertiary/aromatic N) is 2. The standard InChI is InChI=1S/C14H18ClN3O2/c15-11-1-2-12-13(9-11)18(3-6-19)14(16-12)10-17-4-7-20-8-5-17/h1-2,9,19H,3-8,10H2/p+1. The number of aliphatic hydroxyl groups is 1. The summed E-state index contributed by atoms with van der Waals surface area (Å²) in [6, 6.07) is 5.70. The van der Waals surface area contributed by atoms with Crippen LogP contribution in [0, 0.1) is 0 Å². The van der Waals surface area contributed by atoms with Crippen molar-refractivity contribution < 1.29 is 14.7 Å². The van der Waals surface area contributed by atoms with Crippen molar-refractivity contribution in [3.63, 3.8) is 0 Å². The van der Waals surface area contributed by atoms with Crippen LogP contribution in [0.2, 0.25) is 5.02 Å². The molecule has 1 aromatic carbocycles. The molecule has 0 aliphatic carbocycles. The van der Waals surface area contributed by atoms with Crippen molar-refractivity contribution in [3.8, 4) is 0 Å². The highest BCUT2D eigenvalue weighted by molar-refractivity contribution is 6.31. The Morgan fingerprint density at radius 1 is 1.35 bits per heavy atom. The molecule has 108 valence electrons. The summed E-state index contributed by atoms with van der Waals surface area (Å²) in [5.41, 5.74) is 1.93. The molecule has 1 aliphatic heterocycles. The summed E-state index contributed by atoms with van der Waals surface area (Å²) in [5.74, 6) is 1.01. The Morgan fingerprint density at radius 3 is 2.90 bits per heavy atom. The summed E-state index contributed by atoms with van der Waals surface area (Å²) in [5, 5.41) is 9.98. The zero-order valence-electron chi connectivity index (χ0n) is 11.3. The Morgan fingerprint density at radius 2 is 2.15 bits per heavy atom. The zero-order chi connectivity index (χ0) is 13.9. The molecule has 6 heteroatoms. The number of quaternary nitrogens is 1. The molecule has 1 aromatic heterocycles. The third-order valence-electron chi connectivity index (χ3n) is 3.72. The topological polar surface area (TPSA) is 51.7 Å². The molecule has 3 rings (SSSR count). The second kappa shape index (κ2) is 6.10. The first-order valence-electron chi connectivity index (χ1n) is 6.95. The molecule has 5 nitrogen and oxygen atoms in total. The first kappa shape index (κ1) is 13.8. The minimum Gasteiger partial charge on any atom is -0.395 e. The molecule has 2 aromatic rings. The van der Waals surface area contributed by atoms with Crippen LogP contribution in [-0.2, 0) is 17.8 Å². The smallest absolute Gasteiger partial charge is 0.165 e. The fourth-order valence-corrected chi connectivity index (χ4v) is 2.86. The number of rotatable bonds is 4. The van der Waals surface area contributed by atoms with E-state index in [1.54, 1.807) is 0 Å². The molecule has 0 radical (unpaired) electrons. The van der Waals surface area contributed by atoms with Gasteiger partial charge < -0.3 is 19.3 Å². The van der Waals surface area contributed by atoms with Crippen molar-refractivity contribution in [1.82, 2.24) is 9.55 Å². The molecular weight excluding hydrogens is 278 g/mol. The zero-order valence-corrected chi connectivity index (χ0v) is 12.1. The van der Waals surface area contributed by atoms with Gasteiger partial charge in [-0.2, -0.15) is 0 Å². The monoisotopic (exact) mass is 296 g/mol. The van der Waals surface area contributed by atoms with Crippen LogP contribution < -0.4 is 4.90 Å². The quantitative estimate of drug-likeness (QED) is 0.841. The van der Waals surface area contributed by atoms with Crippen LogP contribution in [0.25, 0.3) is 11.0 Å². The number of morpholine rings is 1. The number of halogens is 1. The molecule has 1 saturated heterocycles. The van der Waals surface area contributed by atoms with E-state index >= 15 is 0 Å². The SMILES string of the molecule is OCCn1c(C[NH+]2CCOCC2)nc2ccc(Cl)cc21. The predicted octanol–water partition coefficient (Wildman–Crippen LogP) is 0.0971. The van der Waals surface area contributed by atoms with Crippen LogP contribution in [-0.4, -0.2) is 47.6 Å². The largest absolute Gasteiger partial charge is 0.395 e. The Kier molecular flexibility index (Phi) is 4.21. The summed E-state index contributed by atoms with van der Waals surface area (Å²) in [7, 11) is 0.